The van der Waals surface area contributed by atoms with Crippen LogP contribution in [0.3, 0.4) is 0 Å². The second kappa shape index (κ2) is 11.6. The van der Waals surface area contributed by atoms with E-state index < -0.39 is 53.6 Å². The number of likely N-dealkylation sites (tertiary alicyclic amines) is 1. The number of hydrogen-bond donors (Lipinski definition) is 2. The number of imidazole rings is 1. The standard InChI is InChI=1S/C25H34F5N7O4/c1-23(2,3)41-22(40)32-15(9-14-11-31-37(12-14)21(26)27)19(38)34-24(4,5)10-18-33-17(25(28,29)30)13-36(18)16-7-8-35(6)20(16)39/h11-13,15-16,21H,7-10H2,1-6H3,(H,32,40)(H,34,38)/t15-,16?/m1/s1. The molecule has 1 fully saturated rings. The molecule has 0 bridgehead atoms. The molecule has 41 heavy (non-hydrogen) atoms. The molecule has 2 aromatic heterocycles. The molecule has 0 aliphatic carbocycles. The van der Waals surface area contributed by atoms with E-state index in [0.29, 0.717) is 11.2 Å². The number of ether oxygens (including phenoxy) is 1. The van der Waals surface area contributed by atoms with Crippen LogP contribution < -0.4 is 10.6 Å². The molecule has 3 rings (SSSR count). The first kappa shape index (κ1) is 31.8. The highest BCUT2D eigenvalue weighted by molar-refractivity contribution is 5.86. The normalized spacial score (nSPS) is 17.2. The SMILES string of the molecule is CN1CCC(n2cc(C(F)(F)F)nc2CC(C)(C)NC(=O)[C@@H](Cc2cnn(C(F)F)c2)NC(=O)OC(C)(C)C)C1=O. The maximum Gasteiger partial charge on any atom is 0.434 e. The zero-order valence-corrected chi connectivity index (χ0v) is 23.6. The maximum atomic E-state index is 13.5. The highest BCUT2D eigenvalue weighted by atomic mass is 19.4. The van der Waals surface area contributed by atoms with Gasteiger partial charge in [-0.05, 0) is 46.6 Å². The molecule has 1 aliphatic rings. The maximum absolute atomic E-state index is 13.5. The van der Waals surface area contributed by atoms with Gasteiger partial charge in [-0.2, -0.15) is 27.1 Å². The lowest BCUT2D eigenvalue weighted by Gasteiger charge is -2.30. The first-order valence-electron chi connectivity index (χ1n) is 12.8. The van der Waals surface area contributed by atoms with Gasteiger partial charge in [-0.3, -0.25) is 9.59 Å². The van der Waals surface area contributed by atoms with E-state index in [1.807, 2.05) is 0 Å². The van der Waals surface area contributed by atoms with Crippen molar-refractivity contribution in [1.29, 1.82) is 0 Å². The fourth-order valence-corrected chi connectivity index (χ4v) is 4.38. The second-order valence-corrected chi connectivity index (χ2v) is 11.6. The van der Waals surface area contributed by atoms with Gasteiger partial charge in [0.1, 0.15) is 23.5 Å². The molecule has 3 amide bonds. The highest BCUT2D eigenvalue weighted by Gasteiger charge is 2.40. The quantitative estimate of drug-likeness (QED) is 0.431. The molecule has 2 atom stereocenters. The molecule has 2 N–H and O–H groups in total. The summed E-state index contributed by atoms with van der Waals surface area (Å²) in [6.45, 7) is 5.37. The van der Waals surface area contributed by atoms with Crippen molar-refractivity contribution in [2.75, 3.05) is 13.6 Å². The molecule has 1 saturated heterocycles. The summed E-state index contributed by atoms with van der Waals surface area (Å²) in [5.74, 6) is -1.17. The predicted octanol–water partition coefficient (Wildman–Crippen LogP) is 3.47. The van der Waals surface area contributed by atoms with Crippen LogP contribution in [-0.2, 0) is 33.3 Å². The van der Waals surface area contributed by atoms with Crippen molar-refractivity contribution in [3.05, 3.63) is 35.7 Å². The van der Waals surface area contributed by atoms with Crippen molar-refractivity contribution in [1.82, 2.24) is 34.9 Å². The Labute approximate surface area is 233 Å². The third kappa shape index (κ3) is 8.39. The van der Waals surface area contributed by atoms with Crippen LogP contribution in [0.2, 0.25) is 0 Å². The van der Waals surface area contributed by atoms with E-state index in [1.165, 1.54) is 9.47 Å². The summed E-state index contributed by atoms with van der Waals surface area (Å²) in [4.78, 5) is 43.6. The summed E-state index contributed by atoms with van der Waals surface area (Å²) >= 11 is 0. The molecule has 0 saturated carbocycles. The van der Waals surface area contributed by atoms with E-state index >= 15 is 0 Å². The van der Waals surface area contributed by atoms with Gasteiger partial charge in [0.25, 0.3) is 0 Å². The van der Waals surface area contributed by atoms with Crippen LogP contribution in [0, 0.1) is 0 Å². The van der Waals surface area contributed by atoms with E-state index in [-0.39, 0.29) is 36.6 Å². The van der Waals surface area contributed by atoms with Crippen LogP contribution >= 0.6 is 0 Å². The van der Waals surface area contributed by atoms with Crippen LogP contribution in [0.1, 0.15) is 70.7 Å². The summed E-state index contributed by atoms with van der Waals surface area (Å²) in [5, 5.41) is 8.65. The average molecular weight is 592 g/mol. The Morgan fingerprint density at radius 3 is 2.32 bits per heavy atom. The van der Waals surface area contributed by atoms with Crippen molar-refractivity contribution in [3.63, 3.8) is 0 Å². The lowest BCUT2D eigenvalue weighted by Crippen LogP contribution is -2.55. The molecule has 0 aromatic carbocycles. The Hall–Kier alpha value is -3.72. The Balaban J connectivity index is 1.85. The Bertz CT molecular complexity index is 1270. The average Bonchev–Trinajstić information content (AvgIpc) is 3.51. The molecular weight excluding hydrogens is 557 g/mol. The number of halogens is 5. The van der Waals surface area contributed by atoms with Crippen LogP contribution in [0.5, 0.6) is 0 Å². The molecule has 3 heterocycles. The van der Waals surface area contributed by atoms with Gasteiger partial charge in [-0.1, -0.05) is 0 Å². The van der Waals surface area contributed by atoms with Gasteiger partial charge in [0.2, 0.25) is 11.8 Å². The number of nitrogens with zero attached hydrogens (tertiary/aromatic N) is 5. The minimum Gasteiger partial charge on any atom is -0.444 e. The second-order valence-electron chi connectivity index (χ2n) is 11.6. The molecule has 2 aromatic rings. The van der Waals surface area contributed by atoms with Gasteiger partial charge >= 0.3 is 18.8 Å². The largest absolute Gasteiger partial charge is 0.444 e. The number of carbonyl (C=O) groups excluding carboxylic acids is 3. The number of likely N-dealkylation sites (N-methyl/N-ethyl adjacent to an activating group) is 1. The van der Waals surface area contributed by atoms with Crippen molar-refractivity contribution in [2.45, 2.75) is 89.8 Å². The van der Waals surface area contributed by atoms with Gasteiger partial charge < -0.3 is 24.8 Å². The monoisotopic (exact) mass is 591 g/mol. The van der Waals surface area contributed by atoms with E-state index in [0.717, 1.165) is 18.6 Å². The van der Waals surface area contributed by atoms with Gasteiger partial charge in [0, 0.05) is 44.4 Å². The minimum atomic E-state index is -4.76. The number of aromatic nitrogens is 4. The lowest BCUT2D eigenvalue weighted by molar-refractivity contribution is -0.141. The zero-order chi connectivity index (χ0) is 30.9. The van der Waals surface area contributed by atoms with Gasteiger partial charge in [0.05, 0.1) is 6.20 Å². The van der Waals surface area contributed by atoms with Crippen LogP contribution in [0.25, 0.3) is 0 Å². The Morgan fingerprint density at radius 1 is 1.15 bits per heavy atom. The Morgan fingerprint density at radius 2 is 1.80 bits per heavy atom. The lowest BCUT2D eigenvalue weighted by atomic mass is 9.98. The third-order valence-electron chi connectivity index (χ3n) is 6.20. The topological polar surface area (TPSA) is 123 Å². The van der Waals surface area contributed by atoms with E-state index in [2.05, 4.69) is 20.7 Å². The number of alkyl carbamates (subject to hydrolysis) is 1. The van der Waals surface area contributed by atoms with Crippen LogP contribution in [0.4, 0.5) is 26.7 Å². The van der Waals surface area contributed by atoms with Gasteiger partial charge in [-0.15, -0.1) is 0 Å². The van der Waals surface area contributed by atoms with Crippen molar-refractivity contribution in [3.8, 4) is 0 Å². The van der Waals surface area contributed by atoms with Crippen molar-refractivity contribution in [2.24, 2.45) is 0 Å². The van der Waals surface area contributed by atoms with E-state index in [1.54, 1.807) is 41.7 Å². The smallest absolute Gasteiger partial charge is 0.434 e. The minimum absolute atomic E-state index is 0.0638. The summed E-state index contributed by atoms with van der Waals surface area (Å²) in [7, 11) is 1.55. The van der Waals surface area contributed by atoms with Crippen molar-refractivity contribution >= 4 is 17.9 Å². The van der Waals surface area contributed by atoms with Gasteiger partial charge in [-0.25, -0.2) is 14.5 Å². The zero-order valence-electron chi connectivity index (χ0n) is 23.6. The summed E-state index contributed by atoms with van der Waals surface area (Å²) in [5.41, 5.74) is -3.08. The fraction of sp³-hybridized carbons (Fsp3) is 0.640. The number of alkyl halides is 5. The summed E-state index contributed by atoms with van der Waals surface area (Å²) < 4.78 is 73.4. The van der Waals surface area contributed by atoms with Crippen LogP contribution in [0.15, 0.2) is 18.6 Å². The van der Waals surface area contributed by atoms with E-state index in [9.17, 15) is 36.3 Å². The first-order chi connectivity index (χ1) is 18.8. The molecule has 0 radical (unpaired) electrons. The fourth-order valence-electron chi connectivity index (χ4n) is 4.38. The number of amides is 3. The predicted molar refractivity (Wildman–Crippen MR) is 135 cm³/mol. The molecule has 1 aliphatic heterocycles. The van der Waals surface area contributed by atoms with Gasteiger partial charge in [0.15, 0.2) is 5.69 Å². The Kier molecular flexibility index (Phi) is 9.03. The highest BCUT2D eigenvalue weighted by Crippen LogP contribution is 2.32. The number of rotatable bonds is 9. The summed E-state index contributed by atoms with van der Waals surface area (Å²) in [6.07, 6.45) is -2.90. The third-order valence-corrected chi connectivity index (χ3v) is 6.20. The summed E-state index contributed by atoms with van der Waals surface area (Å²) in [6, 6.07) is -2.19. The van der Waals surface area contributed by atoms with E-state index in [4.69, 9.17) is 4.74 Å². The first-order valence-corrected chi connectivity index (χ1v) is 12.8. The number of carbonyl (C=O) groups is 3. The molecule has 11 nitrogen and oxygen atoms in total. The molecular formula is C25H34F5N7O4. The molecule has 228 valence electrons. The molecule has 1 unspecified atom stereocenters. The van der Waals surface area contributed by atoms with Crippen molar-refractivity contribution < 1.29 is 41.1 Å². The molecule has 16 heteroatoms. The number of hydrogen-bond acceptors (Lipinski definition) is 6. The molecule has 0 spiro atoms. The van der Waals surface area contributed by atoms with Crippen LogP contribution in [-0.4, -0.2) is 72.9 Å². The number of nitrogens with one attached hydrogen (secondary N) is 2.